The van der Waals surface area contributed by atoms with Crippen molar-refractivity contribution in [2.75, 3.05) is 12.3 Å². The van der Waals surface area contributed by atoms with Crippen LogP contribution >= 0.6 is 11.3 Å². The van der Waals surface area contributed by atoms with Crippen LogP contribution in [0.4, 0.5) is 0 Å². The van der Waals surface area contributed by atoms with Gasteiger partial charge < -0.3 is 5.11 Å². The fraction of sp³-hybridized carbons (Fsp3) is 0.333. The summed E-state index contributed by atoms with van der Waals surface area (Å²) in [6.07, 6.45) is -0.332. The number of rotatable bonds is 7. The van der Waals surface area contributed by atoms with Crippen LogP contribution in [-0.2, 0) is 16.4 Å². The van der Waals surface area contributed by atoms with Crippen molar-refractivity contribution in [3.8, 4) is 0 Å². The van der Waals surface area contributed by atoms with Crippen molar-refractivity contribution >= 4 is 21.4 Å². The van der Waals surface area contributed by atoms with Gasteiger partial charge in [0.05, 0.1) is 5.75 Å². The number of benzene rings is 1. The van der Waals surface area contributed by atoms with E-state index in [1.54, 1.807) is 0 Å². The zero-order chi connectivity index (χ0) is 15.3. The quantitative estimate of drug-likeness (QED) is 0.820. The van der Waals surface area contributed by atoms with Gasteiger partial charge in [0.25, 0.3) is 0 Å². The van der Waals surface area contributed by atoms with Crippen molar-refractivity contribution in [2.24, 2.45) is 0 Å². The van der Waals surface area contributed by atoms with Crippen molar-refractivity contribution in [1.82, 2.24) is 4.72 Å². The number of thiophene rings is 1. The molecule has 4 nitrogen and oxygen atoms in total. The van der Waals surface area contributed by atoms with Gasteiger partial charge in [-0.15, -0.1) is 11.3 Å². The summed E-state index contributed by atoms with van der Waals surface area (Å²) in [4.78, 5) is 0.806. The van der Waals surface area contributed by atoms with Crippen LogP contribution < -0.4 is 4.72 Å². The summed E-state index contributed by atoms with van der Waals surface area (Å²) in [7, 11) is -3.38. The molecule has 0 fully saturated rings. The highest BCUT2D eigenvalue weighted by molar-refractivity contribution is 7.89. The maximum absolute atomic E-state index is 11.9. The summed E-state index contributed by atoms with van der Waals surface area (Å²) in [5.41, 5.74) is 1.97. The number of nitrogens with one attached hydrogen (secondary N) is 1. The van der Waals surface area contributed by atoms with E-state index in [9.17, 15) is 13.5 Å². The van der Waals surface area contributed by atoms with Gasteiger partial charge in [-0.3, -0.25) is 0 Å². The van der Waals surface area contributed by atoms with Gasteiger partial charge >= 0.3 is 0 Å². The molecule has 1 aromatic carbocycles. The molecule has 1 unspecified atom stereocenters. The van der Waals surface area contributed by atoms with Crippen LogP contribution in [0.25, 0.3) is 0 Å². The molecular formula is C15H19NO3S2. The molecule has 1 aromatic heterocycles. The molecule has 2 rings (SSSR count). The zero-order valence-electron chi connectivity index (χ0n) is 11.8. The number of aryl methyl sites for hydroxylation is 2. The molecular weight excluding hydrogens is 306 g/mol. The first kappa shape index (κ1) is 16.2. The van der Waals surface area contributed by atoms with E-state index in [1.807, 2.05) is 48.7 Å². The molecule has 0 aliphatic rings. The van der Waals surface area contributed by atoms with E-state index in [-0.39, 0.29) is 12.3 Å². The second kappa shape index (κ2) is 7.17. The standard InChI is InChI=1S/C15H19NO3S2/c1-12-7-9-20-15(12)14(17)11-16-21(18,19)10-8-13-5-3-2-4-6-13/h2-7,9,14,16-17H,8,10-11H2,1H3. The Balaban J connectivity index is 1.85. The molecule has 21 heavy (non-hydrogen) atoms. The Hall–Kier alpha value is -1.21. The molecule has 0 saturated carbocycles. The van der Waals surface area contributed by atoms with Crippen LogP contribution in [0.1, 0.15) is 22.1 Å². The molecule has 0 saturated heterocycles. The number of hydrogen-bond donors (Lipinski definition) is 2. The third-order valence-electron chi connectivity index (χ3n) is 3.20. The maximum atomic E-state index is 11.9. The second-order valence-electron chi connectivity index (χ2n) is 4.89. The fourth-order valence-electron chi connectivity index (χ4n) is 1.99. The second-order valence-corrected chi connectivity index (χ2v) is 7.76. The van der Waals surface area contributed by atoms with Gasteiger partial charge in [0.1, 0.15) is 6.10 Å². The van der Waals surface area contributed by atoms with Gasteiger partial charge in [0.15, 0.2) is 0 Å². The first-order valence-corrected chi connectivity index (χ1v) is 9.24. The zero-order valence-corrected chi connectivity index (χ0v) is 13.5. The Kier molecular flexibility index (Phi) is 5.52. The molecule has 0 amide bonds. The van der Waals surface area contributed by atoms with Crippen molar-refractivity contribution < 1.29 is 13.5 Å². The average molecular weight is 325 g/mol. The first-order valence-electron chi connectivity index (χ1n) is 6.71. The minimum absolute atomic E-state index is 0.0124. The first-order chi connectivity index (χ1) is 9.98. The van der Waals surface area contributed by atoms with Crippen molar-refractivity contribution in [3.05, 3.63) is 57.8 Å². The maximum Gasteiger partial charge on any atom is 0.212 e. The smallest absolute Gasteiger partial charge is 0.212 e. The summed E-state index contributed by atoms with van der Waals surface area (Å²) in [5, 5.41) is 11.9. The monoisotopic (exact) mass is 325 g/mol. The van der Waals surface area contributed by atoms with E-state index in [2.05, 4.69) is 4.72 Å². The van der Waals surface area contributed by atoms with E-state index in [0.29, 0.717) is 6.42 Å². The highest BCUT2D eigenvalue weighted by atomic mass is 32.2. The van der Waals surface area contributed by atoms with E-state index in [4.69, 9.17) is 0 Å². The Morgan fingerprint density at radius 3 is 2.57 bits per heavy atom. The molecule has 0 aliphatic heterocycles. The lowest BCUT2D eigenvalue weighted by Crippen LogP contribution is -2.31. The molecule has 6 heteroatoms. The van der Waals surface area contributed by atoms with Gasteiger partial charge in [-0.2, -0.15) is 0 Å². The Morgan fingerprint density at radius 2 is 1.95 bits per heavy atom. The van der Waals surface area contributed by atoms with Crippen LogP contribution in [0.2, 0.25) is 0 Å². The Bertz CT molecular complexity index is 665. The van der Waals surface area contributed by atoms with Gasteiger partial charge in [-0.1, -0.05) is 30.3 Å². The highest BCUT2D eigenvalue weighted by Crippen LogP contribution is 2.23. The predicted molar refractivity (Wildman–Crippen MR) is 86.0 cm³/mol. The number of sulfonamides is 1. The molecule has 0 radical (unpaired) electrons. The predicted octanol–water partition coefficient (Wildman–Crippen LogP) is 2.25. The largest absolute Gasteiger partial charge is 0.386 e. The molecule has 0 aliphatic carbocycles. The van der Waals surface area contributed by atoms with E-state index >= 15 is 0 Å². The number of aliphatic hydroxyl groups excluding tert-OH is 1. The lowest BCUT2D eigenvalue weighted by atomic mass is 10.2. The number of hydrogen-bond acceptors (Lipinski definition) is 4. The van der Waals surface area contributed by atoms with E-state index < -0.39 is 16.1 Å². The van der Waals surface area contributed by atoms with Crippen LogP contribution in [0.3, 0.4) is 0 Å². The third-order valence-corrected chi connectivity index (χ3v) is 5.67. The van der Waals surface area contributed by atoms with Gasteiger partial charge in [-0.25, -0.2) is 13.1 Å². The van der Waals surface area contributed by atoms with Gasteiger partial charge in [0.2, 0.25) is 10.0 Å². The minimum atomic E-state index is -3.38. The third kappa shape index (κ3) is 4.93. The van der Waals surface area contributed by atoms with Crippen LogP contribution in [-0.4, -0.2) is 25.8 Å². The van der Waals surface area contributed by atoms with Gasteiger partial charge in [0, 0.05) is 11.4 Å². The SMILES string of the molecule is Cc1ccsc1C(O)CNS(=O)(=O)CCc1ccccc1. The van der Waals surface area contributed by atoms with E-state index in [0.717, 1.165) is 16.0 Å². The van der Waals surface area contributed by atoms with Crippen molar-refractivity contribution in [2.45, 2.75) is 19.4 Å². The van der Waals surface area contributed by atoms with Crippen molar-refractivity contribution in [1.29, 1.82) is 0 Å². The molecule has 1 atom stereocenters. The lowest BCUT2D eigenvalue weighted by Gasteiger charge is -2.12. The topological polar surface area (TPSA) is 66.4 Å². The fourth-order valence-corrected chi connectivity index (χ4v) is 3.97. The molecule has 2 aromatic rings. The molecule has 2 N–H and O–H groups in total. The lowest BCUT2D eigenvalue weighted by molar-refractivity contribution is 0.185. The normalized spacial score (nSPS) is 13.2. The van der Waals surface area contributed by atoms with Crippen LogP contribution in [0.15, 0.2) is 41.8 Å². The summed E-state index contributed by atoms with van der Waals surface area (Å²) < 4.78 is 26.4. The summed E-state index contributed by atoms with van der Waals surface area (Å²) in [5.74, 6) is 0.0210. The molecule has 114 valence electrons. The Labute approximate surface area is 129 Å². The van der Waals surface area contributed by atoms with Crippen LogP contribution in [0.5, 0.6) is 0 Å². The van der Waals surface area contributed by atoms with Crippen LogP contribution in [0, 0.1) is 6.92 Å². The highest BCUT2D eigenvalue weighted by Gasteiger charge is 2.16. The summed E-state index contributed by atoms with van der Waals surface area (Å²) in [6.45, 7) is 1.91. The Morgan fingerprint density at radius 1 is 1.24 bits per heavy atom. The van der Waals surface area contributed by atoms with E-state index in [1.165, 1.54) is 11.3 Å². The minimum Gasteiger partial charge on any atom is -0.386 e. The molecule has 0 bridgehead atoms. The molecule has 1 heterocycles. The average Bonchev–Trinajstić information content (AvgIpc) is 2.90. The molecule has 0 spiro atoms. The summed E-state index contributed by atoms with van der Waals surface area (Å²) in [6, 6.07) is 11.4. The number of aliphatic hydroxyl groups is 1. The van der Waals surface area contributed by atoms with Crippen molar-refractivity contribution in [3.63, 3.8) is 0 Å². The van der Waals surface area contributed by atoms with Gasteiger partial charge in [-0.05, 0) is 35.9 Å². The summed E-state index contributed by atoms with van der Waals surface area (Å²) >= 11 is 1.43.